The van der Waals surface area contributed by atoms with E-state index in [1.165, 1.54) is 0 Å². The normalized spacial score (nSPS) is 20.6. The number of hydrogen-bond acceptors (Lipinski definition) is 3. The molecule has 1 atom stereocenters. The molecule has 1 heterocycles. The molecule has 1 saturated heterocycles. The number of nitrogens with one attached hydrogen (secondary N) is 1. The predicted octanol–water partition coefficient (Wildman–Crippen LogP) is 4.14. The molecule has 0 bridgehead atoms. The molecule has 0 spiro atoms. The number of aliphatic hydroxyl groups is 1. The van der Waals surface area contributed by atoms with Crippen LogP contribution in [0.3, 0.4) is 0 Å². The summed E-state index contributed by atoms with van der Waals surface area (Å²) in [5, 5.41) is 15.6. The second-order valence-corrected chi connectivity index (χ2v) is 7.61. The van der Waals surface area contributed by atoms with Crippen molar-refractivity contribution in [2.45, 2.75) is 43.2 Å². The van der Waals surface area contributed by atoms with Crippen LogP contribution >= 0.6 is 11.8 Å². The fraction of sp³-hybridized carbons (Fsp3) is 0.400. The molecule has 23 heavy (non-hydrogen) atoms. The molecule has 0 unspecified atom stereocenters. The van der Waals surface area contributed by atoms with E-state index >= 15 is 0 Å². The predicted molar refractivity (Wildman–Crippen MR) is 98.6 cm³/mol. The number of benzene rings is 2. The number of hydrogen-bond donors (Lipinski definition) is 2. The third kappa shape index (κ3) is 2.93. The monoisotopic (exact) mass is 327 g/mol. The van der Waals surface area contributed by atoms with Gasteiger partial charge in [0.15, 0.2) is 0 Å². The highest BCUT2D eigenvalue weighted by molar-refractivity contribution is 8.00. The van der Waals surface area contributed by atoms with E-state index in [1.54, 1.807) is 0 Å². The highest BCUT2D eigenvalue weighted by Crippen LogP contribution is 2.44. The Morgan fingerprint density at radius 1 is 1.00 bits per heavy atom. The first-order chi connectivity index (χ1) is 11.1. The Morgan fingerprint density at radius 3 is 1.87 bits per heavy atom. The average molecular weight is 327 g/mol. The van der Waals surface area contributed by atoms with Gasteiger partial charge in [-0.3, -0.25) is 5.32 Å². The van der Waals surface area contributed by atoms with Crippen LogP contribution in [0.1, 0.15) is 37.8 Å². The van der Waals surface area contributed by atoms with Gasteiger partial charge in [-0.1, -0.05) is 74.5 Å². The first-order valence-corrected chi connectivity index (χ1v) is 9.38. The van der Waals surface area contributed by atoms with Crippen LogP contribution in [0.15, 0.2) is 60.7 Å². The van der Waals surface area contributed by atoms with Gasteiger partial charge in [-0.2, -0.15) is 0 Å². The fourth-order valence-electron chi connectivity index (χ4n) is 3.48. The van der Waals surface area contributed by atoms with Crippen molar-refractivity contribution in [1.29, 1.82) is 0 Å². The summed E-state index contributed by atoms with van der Waals surface area (Å²) in [6.45, 7) is 4.44. The van der Waals surface area contributed by atoms with Gasteiger partial charge in [-0.05, 0) is 24.0 Å². The molecule has 0 aliphatic carbocycles. The molecule has 2 aromatic rings. The molecule has 0 aromatic heterocycles. The van der Waals surface area contributed by atoms with E-state index in [1.807, 2.05) is 72.4 Å². The molecule has 1 aliphatic rings. The molecule has 3 heteroatoms. The van der Waals surface area contributed by atoms with Crippen molar-refractivity contribution in [3.05, 3.63) is 71.8 Å². The first-order valence-electron chi connectivity index (χ1n) is 8.39. The number of rotatable bonds is 5. The van der Waals surface area contributed by atoms with Crippen LogP contribution in [0, 0.1) is 0 Å². The highest BCUT2D eigenvalue weighted by atomic mass is 32.2. The molecule has 2 aromatic carbocycles. The molecular weight excluding hydrogens is 302 g/mol. The maximum atomic E-state index is 11.8. The molecule has 122 valence electrons. The lowest BCUT2D eigenvalue weighted by Crippen LogP contribution is -2.52. The lowest BCUT2D eigenvalue weighted by Gasteiger charge is -2.37. The molecule has 3 rings (SSSR count). The second-order valence-electron chi connectivity index (χ2n) is 6.21. The van der Waals surface area contributed by atoms with E-state index in [-0.39, 0.29) is 10.9 Å². The Morgan fingerprint density at radius 2 is 1.48 bits per heavy atom. The maximum Gasteiger partial charge on any atom is 0.131 e. The summed E-state index contributed by atoms with van der Waals surface area (Å²) in [6.07, 6.45) is 2.12. The molecule has 1 fully saturated rings. The second kappa shape index (κ2) is 6.68. The highest BCUT2D eigenvalue weighted by Gasteiger charge is 2.48. The lowest BCUT2D eigenvalue weighted by atomic mass is 9.80. The lowest BCUT2D eigenvalue weighted by molar-refractivity contribution is 0.0425. The summed E-state index contributed by atoms with van der Waals surface area (Å²) >= 11 is 1.94. The van der Waals surface area contributed by atoms with Crippen LogP contribution in [-0.2, 0) is 5.60 Å². The van der Waals surface area contributed by atoms with Crippen molar-refractivity contribution >= 4 is 11.8 Å². The Labute approximate surface area is 143 Å². The van der Waals surface area contributed by atoms with E-state index in [0.29, 0.717) is 0 Å². The Hall–Kier alpha value is -1.29. The van der Waals surface area contributed by atoms with Crippen molar-refractivity contribution in [3.63, 3.8) is 0 Å². The van der Waals surface area contributed by atoms with Gasteiger partial charge in [-0.15, -0.1) is 11.8 Å². The number of thioether (sulfide) groups is 1. The van der Waals surface area contributed by atoms with Crippen molar-refractivity contribution < 1.29 is 5.11 Å². The van der Waals surface area contributed by atoms with Gasteiger partial charge in [0.2, 0.25) is 0 Å². The Balaban J connectivity index is 2.04. The van der Waals surface area contributed by atoms with Gasteiger partial charge in [0, 0.05) is 5.75 Å². The minimum atomic E-state index is -1.01. The van der Waals surface area contributed by atoms with Gasteiger partial charge >= 0.3 is 0 Å². The van der Waals surface area contributed by atoms with Crippen LogP contribution in [0.4, 0.5) is 0 Å². The molecule has 0 saturated carbocycles. The van der Waals surface area contributed by atoms with Crippen LogP contribution in [0.25, 0.3) is 0 Å². The van der Waals surface area contributed by atoms with Crippen LogP contribution < -0.4 is 5.32 Å². The van der Waals surface area contributed by atoms with E-state index in [0.717, 1.165) is 29.7 Å². The van der Waals surface area contributed by atoms with Crippen molar-refractivity contribution in [2.75, 3.05) is 5.75 Å². The molecule has 0 amide bonds. The van der Waals surface area contributed by atoms with Crippen LogP contribution in [0.2, 0.25) is 0 Å². The minimum absolute atomic E-state index is 0.00259. The smallest absolute Gasteiger partial charge is 0.131 e. The summed E-state index contributed by atoms with van der Waals surface area (Å²) in [4.78, 5) is 0.0716. The zero-order valence-corrected chi connectivity index (χ0v) is 14.6. The van der Waals surface area contributed by atoms with E-state index in [4.69, 9.17) is 0 Å². The Kier molecular flexibility index (Phi) is 4.81. The maximum absolute atomic E-state index is 11.8. The largest absolute Gasteiger partial charge is 0.379 e. The molecule has 0 radical (unpaired) electrons. The van der Waals surface area contributed by atoms with Gasteiger partial charge in [0.25, 0.3) is 0 Å². The van der Waals surface area contributed by atoms with E-state index in [9.17, 15) is 5.11 Å². The summed E-state index contributed by atoms with van der Waals surface area (Å²) in [7, 11) is 0. The SMILES string of the molecule is CCC1(CC)N[C@H](C(O)(c2ccccc2)c2ccccc2)CS1. The Bertz CT molecular complexity index is 585. The zero-order valence-electron chi connectivity index (χ0n) is 13.8. The third-order valence-corrected chi connectivity index (χ3v) is 6.79. The quantitative estimate of drug-likeness (QED) is 0.865. The van der Waals surface area contributed by atoms with Crippen molar-refractivity contribution in [3.8, 4) is 0 Å². The van der Waals surface area contributed by atoms with Crippen molar-refractivity contribution in [2.24, 2.45) is 0 Å². The standard InChI is InChI=1S/C20H25NOS/c1-3-19(4-2)21-18(15-23-19)20(22,16-11-7-5-8-12-16)17-13-9-6-10-14-17/h5-14,18,21-22H,3-4,15H2,1-2H3/t18-/m0/s1. The fourth-order valence-corrected chi connectivity index (χ4v) is 4.92. The third-order valence-electron chi connectivity index (χ3n) is 5.04. The summed E-state index contributed by atoms with van der Waals surface area (Å²) in [5.41, 5.74) is 0.890. The van der Waals surface area contributed by atoms with Gasteiger partial charge in [0.1, 0.15) is 5.60 Å². The molecule has 2 nitrogen and oxygen atoms in total. The van der Waals surface area contributed by atoms with E-state index < -0.39 is 5.60 Å². The van der Waals surface area contributed by atoms with E-state index in [2.05, 4.69) is 19.2 Å². The van der Waals surface area contributed by atoms with Crippen molar-refractivity contribution in [1.82, 2.24) is 5.32 Å². The summed E-state index contributed by atoms with van der Waals surface area (Å²) in [5.74, 6) is 0.905. The summed E-state index contributed by atoms with van der Waals surface area (Å²) in [6, 6.07) is 20.1. The topological polar surface area (TPSA) is 32.3 Å². The molecule has 2 N–H and O–H groups in total. The van der Waals surface area contributed by atoms with Gasteiger partial charge < -0.3 is 5.11 Å². The zero-order chi connectivity index (χ0) is 16.3. The van der Waals surface area contributed by atoms with Crippen LogP contribution in [0.5, 0.6) is 0 Å². The summed E-state index contributed by atoms with van der Waals surface area (Å²) < 4.78 is 0. The van der Waals surface area contributed by atoms with Gasteiger partial charge in [0.05, 0.1) is 10.9 Å². The minimum Gasteiger partial charge on any atom is -0.379 e. The average Bonchev–Trinajstić information content (AvgIpc) is 3.08. The first kappa shape index (κ1) is 16.6. The van der Waals surface area contributed by atoms with Crippen LogP contribution in [-0.4, -0.2) is 21.8 Å². The van der Waals surface area contributed by atoms with Gasteiger partial charge in [-0.25, -0.2) is 0 Å². The molecule has 1 aliphatic heterocycles. The molecular formula is C20H25NOS.